The lowest BCUT2D eigenvalue weighted by molar-refractivity contribution is 0.342. The van der Waals surface area contributed by atoms with Crippen molar-refractivity contribution in [2.24, 2.45) is 0 Å². The van der Waals surface area contributed by atoms with Gasteiger partial charge in [-0.3, -0.25) is 0 Å². The number of benzene rings is 3. The van der Waals surface area contributed by atoms with Gasteiger partial charge in [0, 0.05) is 35.9 Å². The van der Waals surface area contributed by atoms with E-state index in [1.807, 2.05) is 45.3 Å². The van der Waals surface area contributed by atoms with Crippen molar-refractivity contribution in [2.75, 3.05) is 25.6 Å². The highest BCUT2D eigenvalue weighted by Crippen LogP contribution is 2.43. The molecule has 134 valence electrons. The molecule has 4 heteroatoms. The summed E-state index contributed by atoms with van der Waals surface area (Å²) in [5.74, 6) is 0.811. The van der Waals surface area contributed by atoms with Crippen LogP contribution < -0.4 is 9.64 Å². The Balaban J connectivity index is 2.20. The summed E-state index contributed by atoms with van der Waals surface area (Å²) in [6.07, 6.45) is 0. The Morgan fingerprint density at radius 2 is 1.62 bits per heavy atom. The Morgan fingerprint density at radius 3 is 2.23 bits per heavy atom. The van der Waals surface area contributed by atoms with Gasteiger partial charge in [0.2, 0.25) is 0 Å². The molecule has 0 saturated heterocycles. The molecule has 0 aliphatic heterocycles. The third-order valence-electron chi connectivity index (χ3n) is 4.22. The fourth-order valence-corrected chi connectivity index (χ4v) is 3.46. The summed E-state index contributed by atoms with van der Waals surface area (Å²) >= 11 is 12.6. The van der Waals surface area contributed by atoms with Gasteiger partial charge in [-0.15, -0.1) is 0 Å². The van der Waals surface area contributed by atoms with Crippen molar-refractivity contribution < 1.29 is 4.74 Å². The first-order valence-corrected chi connectivity index (χ1v) is 9.26. The molecule has 0 atom stereocenters. The van der Waals surface area contributed by atoms with Crippen molar-refractivity contribution in [1.29, 1.82) is 0 Å². The maximum Gasteiger partial charge on any atom is 0.127 e. The minimum atomic E-state index is 0.585. The van der Waals surface area contributed by atoms with Crippen LogP contribution in [0.2, 0.25) is 10.0 Å². The maximum atomic E-state index is 6.52. The lowest BCUT2D eigenvalue weighted by Crippen LogP contribution is -2.07. The molecule has 2 nitrogen and oxygen atoms in total. The standard InChI is InChI=1S/C22H21Cl2NO/c1-4-26-21-7-5-6-18(15-8-11-17(12-9-15)25(2)3)22(21)19-13-10-16(23)14-20(19)24/h5-14H,4H2,1-3H3. The van der Waals surface area contributed by atoms with E-state index in [2.05, 4.69) is 35.2 Å². The molecule has 0 heterocycles. The topological polar surface area (TPSA) is 12.5 Å². The summed E-state index contributed by atoms with van der Waals surface area (Å²) < 4.78 is 5.90. The van der Waals surface area contributed by atoms with Crippen molar-refractivity contribution >= 4 is 28.9 Å². The molecule has 0 fully saturated rings. The van der Waals surface area contributed by atoms with E-state index in [-0.39, 0.29) is 0 Å². The molecule has 3 aromatic rings. The highest BCUT2D eigenvalue weighted by molar-refractivity contribution is 6.36. The number of halogens is 2. The predicted molar refractivity (Wildman–Crippen MR) is 113 cm³/mol. The van der Waals surface area contributed by atoms with Crippen LogP contribution in [0.4, 0.5) is 5.69 Å². The predicted octanol–water partition coefficient (Wildman–Crippen LogP) is 6.79. The molecule has 0 spiro atoms. The molecule has 3 rings (SSSR count). The van der Waals surface area contributed by atoms with Crippen molar-refractivity contribution in [3.8, 4) is 28.0 Å². The maximum absolute atomic E-state index is 6.52. The van der Waals surface area contributed by atoms with E-state index in [0.717, 1.165) is 33.7 Å². The van der Waals surface area contributed by atoms with Crippen LogP contribution in [0, 0.1) is 0 Å². The summed E-state index contributed by atoms with van der Waals surface area (Å²) in [6.45, 7) is 2.56. The van der Waals surface area contributed by atoms with Crippen molar-refractivity contribution in [3.05, 3.63) is 70.7 Å². The molecular formula is C22H21Cl2NO. The van der Waals surface area contributed by atoms with Gasteiger partial charge in [-0.1, -0.05) is 53.5 Å². The zero-order valence-corrected chi connectivity index (χ0v) is 16.6. The van der Waals surface area contributed by atoms with Gasteiger partial charge in [0.15, 0.2) is 0 Å². The van der Waals surface area contributed by atoms with Gasteiger partial charge < -0.3 is 9.64 Å². The largest absolute Gasteiger partial charge is 0.493 e. The minimum Gasteiger partial charge on any atom is -0.493 e. The summed E-state index contributed by atoms with van der Waals surface area (Å²) in [7, 11) is 4.06. The third-order valence-corrected chi connectivity index (χ3v) is 4.77. The molecule has 0 aromatic heterocycles. The van der Waals surface area contributed by atoms with Gasteiger partial charge in [-0.2, -0.15) is 0 Å². The van der Waals surface area contributed by atoms with Crippen LogP contribution in [-0.4, -0.2) is 20.7 Å². The van der Waals surface area contributed by atoms with E-state index in [9.17, 15) is 0 Å². The van der Waals surface area contributed by atoms with Gasteiger partial charge >= 0.3 is 0 Å². The van der Waals surface area contributed by atoms with Crippen LogP contribution in [0.1, 0.15) is 6.92 Å². The van der Waals surface area contributed by atoms with E-state index in [1.165, 1.54) is 0 Å². The molecule has 26 heavy (non-hydrogen) atoms. The fourth-order valence-electron chi connectivity index (χ4n) is 2.96. The van der Waals surface area contributed by atoms with Crippen LogP contribution in [0.5, 0.6) is 5.75 Å². The van der Waals surface area contributed by atoms with Crippen LogP contribution in [0.3, 0.4) is 0 Å². The number of ether oxygens (including phenoxy) is 1. The number of anilines is 1. The number of hydrogen-bond donors (Lipinski definition) is 0. The molecule has 0 radical (unpaired) electrons. The molecule has 0 unspecified atom stereocenters. The molecule has 0 aliphatic rings. The molecule has 0 aliphatic carbocycles. The summed E-state index contributed by atoms with van der Waals surface area (Å²) in [6, 6.07) is 20.1. The van der Waals surface area contributed by atoms with Gasteiger partial charge in [0.25, 0.3) is 0 Å². The number of nitrogens with zero attached hydrogens (tertiary/aromatic N) is 1. The van der Waals surface area contributed by atoms with Gasteiger partial charge in [-0.05, 0) is 48.4 Å². The van der Waals surface area contributed by atoms with E-state index in [0.29, 0.717) is 16.7 Å². The van der Waals surface area contributed by atoms with Gasteiger partial charge in [0.05, 0.1) is 11.6 Å². The van der Waals surface area contributed by atoms with Crippen LogP contribution in [0.15, 0.2) is 60.7 Å². The lowest BCUT2D eigenvalue weighted by atomic mass is 9.93. The first-order valence-electron chi connectivity index (χ1n) is 8.50. The zero-order chi connectivity index (χ0) is 18.7. The van der Waals surface area contributed by atoms with Gasteiger partial charge in [0.1, 0.15) is 5.75 Å². The second-order valence-corrected chi connectivity index (χ2v) is 7.02. The SMILES string of the molecule is CCOc1cccc(-c2ccc(N(C)C)cc2)c1-c1ccc(Cl)cc1Cl. The third kappa shape index (κ3) is 3.82. The minimum absolute atomic E-state index is 0.585. The molecule has 0 saturated carbocycles. The number of rotatable bonds is 5. The summed E-state index contributed by atoms with van der Waals surface area (Å²) in [5, 5.41) is 1.22. The van der Waals surface area contributed by atoms with E-state index >= 15 is 0 Å². The summed E-state index contributed by atoms with van der Waals surface area (Å²) in [4.78, 5) is 2.08. The van der Waals surface area contributed by atoms with Crippen molar-refractivity contribution in [1.82, 2.24) is 0 Å². The average molecular weight is 386 g/mol. The molecule has 0 amide bonds. The van der Waals surface area contributed by atoms with Crippen LogP contribution >= 0.6 is 23.2 Å². The Hall–Kier alpha value is -2.16. The first kappa shape index (κ1) is 18.6. The van der Waals surface area contributed by atoms with E-state index < -0.39 is 0 Å². The smallest absolute Gasteiger partial charge is 0.127 e. The van der Waals surface area contributed by atoms with Crippen molar-refractivity contribution in [2.45, 2.75) is 6.92 Å². The van der Waals surface area contributed by atoms with Crippen LogP contribution in [-0.2, 0) is 0 Å². The highest BCUT2D eigenvalue weighted by atomic mass is 35.5. The van der Waals surface area contributed by atoms with E-state index in [1.54, 1.807) is 6.07 Å². The highest BCUT2D eigenvalue weighted by Gasteiger charge is 2.16. The molecule has 0 N–H and O–H groups in total. The normalized spacial score (nSPS) is 10.7. The first-order chi connectivity index (χ1) is 12.5. The lowest BCUT2D eigenvalue weighted by Gasteiger charge is -2.18. The second-order valence-electron chi connectivity index (χ2n) is 6.18. The Labute approximate surface area is 164 Å². The van der Waals surface area contributed by atoms with Crippen LogP contribution in [0.25, 0.3) is 22.3 Å². The average Bonchev–Trinajstić information content (AvgIpc) is 2.62. The number of hydrogen-bond acceptors (Lipinski definition) is 2. The zero-order valence-electron chi connectivity index (χ0n) is 15.1. The Kier molecular flexibility index (Phi) is 5.75. The molecule has 3 aromatic carbocycles. The van der Waals surface area contributed by atoms with Crippen molar-refractivity contribution in [3.63, 3.8) is 0 Å². The van der Waals surface area contributed by atoms with E-state index in [4.69, 9.17) is 27.9 Å². The molecule has 0 bridgehead atoms. The summed E-state index contributed by atoms with van der Waals surface area (Å²) in [5.41, 5.74) is 5.23. The Morgan fingerprint density at radius 1 is 0.885 bits per heavy atom. The molecular weight excluding hydrogens is 365 g/mol. The quantitative estimate of drug-likeness (QED) is 0.479. The fraction of sp³-hybridized carbons (Fsp3) is 0.182. The Bertz CT molecular complexity index is 905. The second kappa shape index (κ2) is 8.03. The monoisotopic (exact) mass is 385 g/mol. The van der Waals surface area contributed by atoms with Gasteiger partial charge in [-0.25, -0.2) is 0 Å².